The molecule has 0 aliphatic heterocycles. The standard InChI is InChI=1S/C20H40N4.C6H6/c21-18-16-14-12-10-8-6-4-2-1-3-5-7-9-11-13-15-17-20-19-22-24-23-20;1-2-4-6-5-3-1/h19H,1-18,21H2,(H,22,23,24);1-6H. The monoisotopic (exact) mass is 414 g/mol. The van der Waals surface area contributed by atoms with Crippen LogP contribution in [-0.4, -0.2) is 22.0 Å². The first-order valence-corrected chi connectivity index (χ1v) is 12.5. The Hall–Kier alpha value is -1.68. The molecular weight excluding hydrogens is 368 g/mol. The van der Waals surface area contributed by atoms with Crippen LogP contribution in [0.4, 0.5) is 0 Å². The Labute approximate surface area is 185 Å². The van der Waals surface area contributed by atoms with E-state index in [0.717, 1.165) is 18.7 Å². The first kappa shape index (κ1) is 26.4. The molecule has 0 radical (unpaired) electrons. The van der Waals surface area contributed by atoms with Crippen LogP contribution < -0.4 is 5.73 Å². The lowest BCUT2D eigenvalue weighted by Crippen LogP contribution is -1.97. The number of nitrogens with zero attached hydrogens (tertiary/aromatic N) is 2. The fraction of sp³-hybridized carbons (Fsp3) is 0.692. The van der Waals surface area contributed by atoms with Gasteiger partial charge >= 0.3 is 0 Å². The molecule has 2 aromatic rings. The van der Waals surface area contributed by atoms with Gasteiger partial charge in [-0.2, -0.15) is 0 Å². The van der Waals surface area contributed by atoms with E-state index >= 15 is 0 Å². The number of aryl methyl sites for hydroxylation is 1. The maximum atomic E-state index is 5.50. The van der Waals surface area contributed by atoms with E-state index in [2.05, 4.69) is 15.4 Å². The van der Waals surface area contributed by atoms with Gasteiger partial charge in [-0.1, -0.05) is 132 Å². The number of nitrogens with two attached hydrogens (primary N) is 1. The number of benzene rings is 1. The molecule has 0 unspecified atom stereocenters. The average molecular weight is 415 g/mol. The second kappa shape index (κ2) is 22.0. The SMILES string of the molecule is NCCCCCCCCCCCCCCCCCCc1c[nH]nn1.c1ccccc1. The summed E-state index contributed by atoms with van der Waals surface area (Å²) in [6.07, 6.45) is 25.2. The van der Waals surface area contributed by atoms with Crippen molar-refractivity contribution in [2.75, 3.05) is 6.54 Å². The number of aromatic nitrogens is 3. The highest BCUT2D eigenvalue weighted by molar-refractivity contribution is 4.99. The van der Waals surface area contributed by atoms with Crippen molar-refractivity contribution in [1.29, 1.82) is 0 Å². The van der Waals surface area contributed by atoms with Gasteiger partial charge in [0.1, 0.15) is 0 Å². The lowest BCUT2D eigenvalue weighted by atomic mass is 10.0. The smallest absolute Gasteiger partial charge is 0.0824 e. The van der Waals surface area contributed by atoms with Gasteiger partial charge < -0.3 is 5.73 Å². The average Bonchev–Trinajstić information content (AvgIpc) is 3.31. The number of hydrogen-bond acceptors (Lipinski definition) is 3. The van der Waals surface area contributed by atoms with Crippen molar-refractivity contribution < 1.29 is 0 Å². The highest BCUT2D eigenvalue weighted by Gasteiger charge is 1.97. The van der Waals surface area contributed by atoms with Gasteiger partial charge in [0.05, 0.1) is 5.69 Å². The van der Waals surface area contributed by atoms with Crippen molar-refractivity contribution in [1.82, 2.24) is 15.4 Å². The number of aromatic amines is 1. The maximum Gasteiger partial charge on any atom is 0.0824 e. The summed E-state index contributed by atoms with van der Waals surface area (Å²) in [6.45, 7) is 0.864. The molecule has 0 atom stereocenters. The van der Waals surface area contributed by atoms with Crippen molar-refractivity contribution in [3.05, 3.63) is 48.3 Å². The zero-order chi connectivity index (χ0) is 21.4. The largest absolute Gasteiger partial charge is 0.330 e. The summed E-state index contributed by atoms with van der Waals surface area (Å²) in [7, 11) is 0. The maximum absolute atomic E-state index is 5.50. The van der Waals surface area contributed by atoms with Crippen LogP contribution >= 0.6 is 0 Å². The van der Waals surface area contributed by atoms with Gasteiger partial charge in [-0.3, -0.25) is 5.10 Å². The van der Waals surface area contributed by atoms with E-state index in [9.17, 15) is 0 Å². The molecule has 0 bridgehead atoms. The van der Waals surface area contributed by atoms with Crippen LogP contribution in [0.3, 0.4) is 0 Å². The normalized spacial score (nSPS) is 10.6. The minimum atomic E-state index is 0.864. The lowest BCUT2D eigenvalue weighted by molar-refractivity contribution is 0.528. The summed E-state index contributed by atoms with van der Waals surface area (Å²) in [5.41, 5.74) is 6.60. The molecule has 1 heterocycles. The molecule has 0 saturated heterocycles. The Balaban J connectivity index is 0.000000637. The van der Waals surface area contributed by atoms with E-state index < -0.39 is 0 Å². The van der Waals surface area contributed by atoms with Crippen molar-refractivity contribution >= 4 is 0 Å². The van der Waals surface area contributed by atoms with Crippen LogP contribution in [0.15, 0.2) is 42.6 Å². The van der Waals surface area contributed by atoms with E-state index in [1.807, 2.05) is 42.6 Å². The molecule has 1 aromatic carbocycles. The van der Waals surface area contributed by atoms with E-state index in [4.69, 9.17) is 5.73 Å². The van der Waals surface area contributed by atoms with E-state index in [1.165, 1.54) is 103 Å². The Morgan fingerprint density at radius 1 is 0.533 bits per heavy atom. The number of H-pyrrole nitrogens is 1. The topological polar surface area (TPSA) is 67.6 Å². The third-order valence-electron chi connectivity index (χ3n) is 5.52. The fourth-order valence-electron chi connectivity index (χ4n) is 3.66. The fourth-order valence-corrected chi connectivity index (χ4v) is 3.66. The summed E-state index contributed by atoms with van der Waals surface area (Å²) in [5.74, 6) is 0. The summed E-state index contributed by atoms with van der Waals surface area (Å²) < 4.78 is 0. The number of unbranched alkanes of at least 4 members (excludes halogenated alkanes) is 15. The summed E-state index contributed by atoms with van der Waals surface area (Å²) >= 11 is 0. The lowest BCUT2D eigenvalue weighted by Gasteiger charge is -2.03. The van der Waals surface area contributed by atoms with E-state index in [0.29, 0.717) is 0 Å². The molecule has 0 aliphatic rings. The quantitative estimate of drug-likeness (QED) is 0.253. The molecule has 4 nitrogen and oxygen atoms in total. The Kier molecular flexibility index (Phi) is 19.3. The Morgan fingerprint density at radius 2 is 0.900 bits per heavy atom. The third-order valence-corrected chi connectivity index (χ3v) is 5.52. The van der Waals surface area contributed by atoms with E-state index in [1.54, 1.807) is 0 Å². The van der Waals surface area contributed by atoms with Gasteiger partial charge in [-0.05, 0) is 25.8 Å². The molecule has 0 spiro atoms. The van der Waals surface area contributed by atoms with Gasteiger partial charge in [0, 0.05) is 6.20 Å². The minimum absolute atomic E-state index is 0.864. The molecule has 3 N–H and O–H groups in total. The molecule has 1 aromatic heterocycles. The summed E-state index contributed by atoms with van der Waals surface area (Å²) in [6, 6.07) is 12.0. The zero-order valence-corrected chi connectivity index (χ0v) is 19.2. The van der Waals surface area contributed by atoms with Crippen molar-refractivity contribution in [3.8, 4) is 0 Å². The molecule has 4 heteroatoms. The Morgan fingerprint density at radius 3 is 1.23 bits per heavy atom. The van der Waals surface area contributed by atoms with Crippen LogP contribution in [0, 0.1) is 0 Å². The van der Waals surface area contributed by atoms with Gasteiger partial charge in [-0.25, -0.2) is 0 Å². The zero-order valence-electron chi connectivity index (χ0n) is 19.2. The van der Waals surface area contributed by atoms with Gasteiger partial charge in [0.25, 0.3) is 0 Å². The number of nitrogens with one attached hydrogen (secondary N) is 1. The summed E-state index contributed by atoms with van der Waals surface area (Å²) in [5, 5.41) is 10.5. The molecule has 0 fully saturated rings. The first-order chi connectivity index (χ1) is 14.9. The van der Waals surface area contributed by atoms with Crippen LogP contribution in [0.2, 0.25) is 0 Å². The van der Waals surface area contributed by atoms with Crippen LogP contribution in [0.1, 0.15) is 108 Å². The van der Waals surface area contributed by atoms with Gasteiger partial charge in [0.2, 0.25) is 0 Å². The molecule has 30 heavy (non-hydrogen) atoms. The Bertz CT molecular complexity index is 501. The number of hydrogen-bond donors (Lipinski definition) is 2. The molecule has 0 saturated carbocycles. The molecule has 2 rings (SSSR count). The third kappa shape index (κ3) is 18.4. The predicted octanol–water partition coefficient (Wildman–Crippen LogP) is 7.23. The van der Waals surface area contributed by atoms with E-state index in [-0.39, 0.29) is 0 Å². The molecule has 170 valence electrons. The molecule has 0 aliphatic carbocycles. The first-order valence-electron chi connectivity index (χ1n) is 12.5. The number of rotatable bonds is 18. The van der Waals surface area contributed by atoms with Crippen molar-refractivity contribution in [2.45, 2.75) is 109 Å². The highest BCUT2D eigenvalue weighted by atomic mass is 15.3. The van der Waals surface area contributed by atoms with Crippen LogP contribution in [0.25, 0.3) is 0 Å². The van der Waals surface area contributed by atoms with Crippen molar-refractivity contribution in [2.24, 2.45) is 5.73 Å². The highest BCUT2D eigenvalue weighted by Crippen LogP contribution is 2.14. The molecule has 0 amide bonds. The van der Waals surface area contributed by atoms with Gasteiger partial charge in [0.15, 0.2) is 0 Å². The predicted molar refractivity (Wildman–Crippen MR) is 129 cm³/mol. The molecular formula is C26H46N4. The second-order valence-electron chi connectivity index (χ2n) is 8.32. The summed E-state index contributed by atoms with van der Waals surface area (Å²) in [4.78, 5) is 0. The van der Waals surface area contributed by atoms with Crippen LogP contribution in [-0.2, 0) is 6.42 Å². The minimum Gasteiger partial charge on any atom is -0.330 e. The second-order valence-corrected chi connectivity index (χ2v) is 8.32. The van der Waals surface area contributed by atoms with Crippen LogP contribution in [0.5, 0.6) is 0 Å². The van der Waals surface area contributed by atoms with Crippen molar-refractivity contribution in [3.63, 3.8) is 0 Å². The van der Waals surface area contributed by atoms with Gasteiger partial charge in [-0.15, -0.1) is 5.10 Å².